The Hall–Kier alpha value is -0.960. The topological polar surface area (TPSA) is 37.8 Å². The Bertz CT molecular complexity index is 286. The fourth-order valence-electron chi connectivity index (χ4n) is 1.58. The van der Waals surface area contributed by atoms with E-state index in [-0.39, 0.29) is 0 Å². The Morgan fingerprint density at radius 3 is 2.73 bits per heavy atom. The zero-order valence-corrected chi connectivity index (χ0v) is 9.95. The highest BCUT2D eigenvalue weighted by Crippen LogP contribution is 2.03. The lowest BCUT2D eigenvalue weighted by atomic mass is 10.1. The third-order valence-corrected chi connectivity index (χ3v) is 2.49. The van der Waals surface area contributed by atoms with Crippen LogP contribution in [0.25, 0.3) is 0 Å². The molecular formula is C12H21N3. The molecule has 1 rings (SSSR count). The van der Waals surface area contributed by atoms with Gasteiger partial charge < -0.3 is 5.32 Å². The van der Waals surface area contributed by atoms with Crippen LogP contribution in [0.1, 0.15) is 38.1 Å². The molecule has 0 aliphatic rings. The van der Waals surface area contributed by atoms with E-state index < -0.39 is 0 Å². The van der Waals surface area contributed by atoms with Gasteiger partial charge in [-0.25, -0.2) is 9.97 Å². The van der Waals surface area contributed by atoms with Crippen molar-refractivity contribution >= 4 is 0 Å². The second kappa shape index (κ2) is 6.51. The fraction of sp³-hybridized carbons (Fsp3) is 0.667. The molecule has 15 heavy (non-hydrogen) atoms. The summed E-state index contributed by atoms with van der Waals surface area (Å²) in [5.41, 5.74) is 2.18. The average Bonchev–Trinajstić information content (AvgIpc) is 2.24. The van der Waals surface area contributed by atoms with Crippen LogP contribution in [-0.4, -0.2) is 22.6 Å². The molecule has 1 heterocycles. The number of nitrogens with zero attached hydrogens (tertiary/aromatic N) is 2. The summed E-state index contributed by atoms with van der Waals surface area (Å²) in [5, 5.41) is 3.53. The van der Waals surface area contributed by atoms with Crippen LogP contribution in [0.4, 0.5) is 0 Å². The highest BCUT2D eigenvalue weighted by molar-refractivity contribution is 5.07. The molecule has 0 aliphatic heterocycles. The average molecular weight is 207 g/mol. The van der Waals surface area contributed by atoms with Crippen molar-refractivity contribution in [3.63, 3.8) is 0 Å². The van der Waals surface area contributed by atoms with Gasteiger partial charge in [0.25, 0.3) is 0 Å². The van der Waals surface area contributed by atoms with E-state index in [4.69, 9.17) is 0 Å². The molecule has 0 saturated carbocycles. The second-order valence-electron chi connectivity index (χ2n) is 3.91. The first-order valence-corrected chi connectivity index (χ1v) is 5.77. The maximum atomic E-state index is 4.28. The maximum Gasteiger partial charge on any atom is 0.115 e. The van der Waals surface area contributed by atoms with Gasteiger partial charge in [-0.15, -0.1) is 0 Å². The molecule has 3 heteroatoms. The minimum Gasteiger partial charge on any atom is -0.314 e. The number of aryl methyl sites for hydroxylation is 1. The molecule has 0 spiro atoms. The Morgan fingerprint density at radius 1 is 1.33 bits per heavy atom. The van der Waals surface area contributed by atoms with E-state index in [1.807, 2.05) is 6.92 Å². The fourth-order valence-corrected chi connectivity index (χ4v) is 1.58. The SMILES string of the molecule is CCCNC(CC)Cc1cc(C)ncn1. The van der Waals surface area contributed by atoms with Crippen molar-refractivity contribution in [1.29, 1.82) is 0 Å². The van der Waals surface area contributed by atoms with Crippen LogP contribution >= 0.6 is 0 Å². The third-order valence-electron chi connectivity index (χ3n) is 2.49. The summed E-state index contributed by atoms with van der Waals surface area (Å²) >= 11 is 0. The van der Waals surface area contributed by atoms with Crippen molar-refractivity contribution in [1.82, 2.24) is 15.3 Å². The van der Waals surface area contributed by atoms with Crippen molar-refractivity contribution in [2.24, 2.45) is 0 Å². The highest BCUT2D eigenvalue weighted by atomic mass is 14.9. The molecule has 1 aromatic heterocycles. The van der Waals surface area contributed by atoms with E-state index in [0.29, 0.717) is 6.04 Å². The molecule has 0 radical (unpaired) electrons. The summed E-state index contributed by atoms with van der Waals surface area (Å²) in [6.45, 7) is 7.49. The minimum absolute atomic E-state index is 0.541. The predicted molar refractivity (Wildman–Crippen MR) is 62.8 cm³/mol. The van der Waals surface area contributed by atoms with Crippen molar-refractivity contribution in [3.05, 3.63) is 23.8 Å². The molecule has 1 N–H and O–H groups in total. The van der Waals surface area contributed by atoms with Crippen molar-refractivity contribution in [3.8, 4) is 0 Å². The normalized spacial score (nSPS) is 12.7. The Balaban J connectivity index is 2.50. The van der Waals surface area contributed by atoms with Gasteiger partial charge in [0, 0.05) is 23.9 Å². The number of aromatic nitrogens is 2. The molecule has 0 amide bonds. The van der Waals surface area contributed by atoms with Crippen LogP contribution < -0.4 is 5.32 Å². The molecular weight excluding hydrogens is 186 g/mol. The molecule has 1 aromatic rings. The van der Waals surface area contributed by atoms with Crippen LogP contribution in [0.5, 0.6) is 0 Å². The number of nitrogens with one attached hydrogen (secondary N) is 1. The van der Waals surface area contributed by atoms with E-state index in [2.05, 4.69) is 35.2 Å². The van der Waals surface area contributed by atoms with Gasteiger partial charge in [-0.3, -0.25) is 0 Å². The zero-order valence-electron chi connectivity index (χ0n) is 9.95. The number of hydrogen-bond acceptors (Lipinski definition) is 3. The first-order valence-electron chi connectivity index (χ1n) is 5.77. The van der Waals surface area contributed by atoms with E-state index in [0.717, 1.165) is 30.8 Å². The Labute approximate surface area is 92.3 Å². The Kier molecular flexibility index (Phi) is 5.26. The second-order valence-corrected chi connectivity index (χ2v) is 3.91. The standard InChI is InChI=1S/C12H21N3/c1-4-6-13-11(5-2)8-12-7-10(3)14-9-15-12/h7,9,11,13H,4-6,8H2,1-3H3. The van der Waals surface area contributed by atoms with Crippen LogP contribution in [0, 0.1) is 6.92 Å². The molecule has 1 atom stereocenters. The van der Waals surface area contributed by atoms with E-state index in [9.17, 15) is 0 Å². The largest absolute Gasteiger partial charge is 0.314 e. The monoisotopic (exact) mass is 207 g/mol. The summed E-state index contributed by atoms with van der Waals surface area (Å²) in [6, 6.07) is 2.61. The van der Waals surface area contributed by atoms with Gasteiger partial charge in [0.1, 0.15) is 6.33 Å². The van der Waals surface area contributed by atoms with E-state index >= 15 is 0 Å². The van der Waals surface area contributed by atoms with Gasteiger partial charge in [-0.05, 0) is 32.4 Å². The summed E-state index contributed by atoms with van der Waals surface area (Å²) in [4.78, 5) is 8.39. The zero-order chi connectivity index (χ0) is 11.1. The van der Waals surface area contributed by atoms with Gasteiger partial charge >= 0.3 is 0 Å². The van der Waals surface area contributed by atoms with Gasteiger partial charge in [0.15, 0.2) is 0 Å². The maximum absolute atomic E-state index is 4.28. The minimum atomic E-state index is 0.541. The first kappa shape index (κ1) is 12.1. The molecule has 84 valence electrons. The predicted octanol–water partition coefficient (Wildman–Crippen LogP) is 2.11. The smallest absolute Gasteiger partial charge is 0.115 e. The summed E-state index contributed by atoms with van der Waals surface area (Å²) < 4.78 is 0. The summed E-state index contributed by atoms with van der Waals surface area (Å²) in [7, 11) is 0. The summed E-state index contributed by atoms with van der Waals surface area (Å²) in [5.74, 6) is 0. The van der Waals surface area contributed by atoms with Gasteiger partial charge in [0.2, 0.25) is 0 Å². The van der Waals surface area contributed by atoms with Gasteiger partial charge in [-0.1, -0.05) is 13.8 Å². The van der Waals surface area contributed by atoms with Gasteiger partial charge in [-0.2, -0.15) is 0 Å². The van der Waals surface area contributed by atoms with Gasteiger partial charge in [0.05, 0.1) is 0 Å². The van der Waals surface area contributed by atoms with Crippen molar-refractivity contribution in [2.75, 3.05) is 6.54 Å². The molecule has 1 unspecified atom stereocenters. The molecule has 0 bridgehead atoms. The molecule has 0 fully saturated rings. The molecule has 0 saturated heterocycles. The lowest BCUT2D eigenvalue weighted by molar-refractivity contribution is 0.490. The van der Waals surface area contributed by atoms with Crippen LogP contribution in [0.2, 0.25) is 0 Å². The van der Waals surface area contributed by atoms with E-state index in [1.165, 1.54) is 6.42 Å². The van der Waals surface area contributed by atoms with Crippen molar-refractivity contribution in [2.45, 2.75) is 46.1 Å². The number of rotatable bonds is 6. The lowest BCUT2D eigenvalue weighted by Gasteiger charge is -2.15. The van der Waals surface area contributed by atoms with Crippen molar-refractivity contribution < 1.29 is 0 Å². The van der Waals surface area contributed by atoms with Crippen LogP contribution in [-0.2, 0) is 6.42 Å². The van der Waals surface area contributed by atoms with E-state index in [1.54, 1.807) is 6.33 Å². The molecule has 0 aliphatic carbocycles. The first-order chi connectivity index (χ1) is 7.26. The summed E-state index contributed by atoms with van der Waals surface area (Å²) in [6.07, 6.45) is 4.97. The highest BCUT2D eigenvalue weighted by Gasteiger charge is 2.07. The molecule has 3 nitrogen and oxygen atoms in total. The number of hydrogen-bond donors (Lipinski definition) is 1. The third kappa shape index (κ3) is 4.38. The Morgan fingerprint density at radius 2 is 2.13 bits per heavy atom. The van der Waals surface area contributed by atoms with Crippen LogP contribution in [0.15, 0.2) is 12.4 Å². The molecule has 0 aromatic carbocycles. The quantitative estimate of drug-likeness (QED) is 0.776. The lowest BCUT2D eigenvalue weighted by Crippen LogP contribution is -2.31. The van der Waals surface area contributed by atoms with Crippen LogP contribution in [0.3, 0.4) is 0 Å².